The van der Waals surface area contributed by atoms with Crippen LogP contribution in [0.5, 0.6) is 5.75 Å². The molecule has 1 aromatic heterocycles. The van der Waals surface area contributed by atoms with Crippen molar-refractivity contribution in [3.8, 4) is 5.75 Å². The molecule has 5 rings (SSSR count). The maximum Gasteiger partial charge on any atom is 0.328 e. The number of phenolic OH excluding ortho intramolecular Hbond substituents is 1. The van der Waals surface area contributed by atoms with Crippen molar-refractivity contribution >= 4 is 29.1 Å². The van der Waals surface area contributed by atoms with Gasteiger partial charge in [0.15, 0.2) is 5.75 Å². The molecule has 11 heteroatoms. The Morgan fingerprint density at radius 1 is 1.16 bits per heavy atom. The molecule has 3 heterocycles. The number of esters is 1. The first-order valence-corrected chi connectivity index (χ1v) is 12.6. The number of likely N-dealkylation sites (tertiary alicyclic amines) is 1. The van der Waals surface area contributed by atoms with Crippen molar-refractivity contribution < 1.29 is 38.2 Å². The third-order valence-corrected chi connectivity index (χ3v) is 7.66. The summed E-state index contributed by atoms with van der Waals surface area (Å²) in [6.45, 7) is 5.12. The number of benzene rings is 1. The van der Waals surface area contributed by atoms with Gasteiger partial charge in [0.1, 0.15) is 29.6 Å². The molecule has 2 saturated heterocycles. The Labute approximate surface area is 219 Å². The zero-order valence-electron chi connectivity index (χ0n) is 21.5. The van der Waals surface area contributed by atoms with Gasteiger partial charge in [0.05, 0.1) is 37.6 Å². The Kier molecular flexibility index (Phi) is 6.74. The van der Waals surface area contributed by atoms with E-state index < -0.39 is 41.6 Å². The third kappa shape index (κ3) is 4.35. The summed E-state index contributed by atoms with van der Waals surface area (Å²) in [7, 11) is 1.27. The summed E-state index contributed by atoms with van der Waals surface area (Å²) < 4.78 is 16.1. The molecular formula is C27H31N3O8. The number of amides is 1. The van der Waals surface area contributed by atoms with E-state index in [1.165, 1.54) is 24.1 Å². The summed E-state index contributed by atoms with van der Waals surface area (Å²) in [6.07, 6.45) is 1.11. The molecule has 0 radical (unpaired) electrons. The molecule has 4 atom stereocenters. The molecule has 3 aliphatic rings. The number of Topliss-reactive ketones (excluding diaryl/α,β-unsaturated/α-hetero) is 2. The van der Waals surface area contributed by atoms with Gasteiger partial charge in [-0.1, -0.05) is 13.0 Å². The van der Waals surface area contributed by atoms with E-state index in [1.807, 2.05) is 26.0 Å². The van der Waals surface area contributed by atoms with Gasteiger partial charge in [0, 0.05) is 12.0 Å². The summed E-state index contributed by atoms with van der Waals surface area (Å²) in [5, 5.41) is 17.2. The molecule has 11 nitrogen and oxygen atoms in total. The van der Waals surface area contributed by atoms with E-state index in [-0.39, 0.29) is 28.5 Å². The quantitative estimate of drug-likeness (QED) is 0.264. The van der Waals surface area contributed by atoms with E-state index in [9.17, 15) is 24.3 Å². The van der Waals surface area contributed by atoms with Crippen LogP contribution in [0.2, 0.25) is 0 Å². The van der Waals surface area contributed by atoms with Crippen LogP contribution < -0.4 is 10.6 Å². The lowest BCUT2D eigenvalue weighted by atomic mass is 9.76. The molecule has 4 unspecified atom stereocenters. The topological polar surface area (TPSA) is 147 Å². The monoisotopic (exact) mass is 525 g/mol. The van der Waals surface area contributed by atoms with Gasteiger partial charge in [-0.25, -0.2) is 4.79 Å². The smallest absolute Gasteiger partial charge is 0.328 e. The Balaban J connectivity index is 1.36. The number of methoxy groups -OCH3 is 1. The number of furan rings is 1. The highest BCUT2D eigenvalue weighted by Crippen LogP contribution is 2.42. The maximum atomic E-state index is 13.2. The highest BCUT2D eigenvalue weighted by Gasteiger charge is 2.54. The van der Waals surface area contributed by atoms with Crippen LogP contribution in [0.1, 0.15) is 47.7 Å². The van der Waals surface area contributed by atoms with Gasteiger partial charge in [0.25, 0.3) is 5.91 Å². The van der Waals surface area contributed by atoms with Crippen LogP contribution in [0.4, 0.5) is 5.69 Å². The van der Waals surface area contributed by atoms with E-state index in [2.05, 4.69) is 10.6 Å². The van der Waals surface area contributed by atoms with Crippen molar-refractivity contribution in [2.75, 3.05) is 32.2 Å². The van der Waals surface area contributed by atoms with Crippen molar-refractivity contribution in [2.45, 2.75) is 50.9 Å². The molecular weight excluding hydrogens is 494 g/mol. The number of rotatable bonds is 8. The Morgan fingerprint density at radius 3 is 2.53 bits per heavy atom. The minimum atomic E-state index is -0.962. The van der Waals surface area contributed by atoms with Crippen LogP contribution in [0, 0.1) is 12.3 Å². The van der Waals surface area contributed by atoms with Crippen LogP contribution in [0.15, 0.2) is 34.7 Å². The minimum Gasteiger partial charge on any atom is -0.505 e. The fourth-order valence-corrected chi connectivity index (χ4v) is 5.39. The molecule has 38 heavy (non-hydrogen) atoms. The number of ketones is 2. The fraction of sp³-hybridized carbons (Fsp3) is 0.481. The molecule has 1 aliphatic carbocycles. The van der Waals surface area contributed by atoms with E-state index in [0.29, 0.717) is 38.4 Å². The van der Waals surface area contributed by atoms with Crippen molar-refractivity contribution in [1.82, 2.24) is 10.2 Å². The first-order valence-electron chi connectivity index (χ1n) is 12.6. The number of carbonyl (C=O) groups excluding carboxylic acids is 4. The highest BCUT2D eigenvalue weighted by atomic mass is 16.5. The van der Waals surface area contributed by atoms with Gasteiger partial charge in [0.2, 0.25) is 11.6 Å². The molecule has 3 N–H and O–H groups in total. The second-order valence-electron chi connectivity index (χ2n) is 10.4. The molecule has 1 aromatic carbocycles. The molecule has 1 saturated carbocycles. The van der Waals surface area contributed by atoms with Gasteiger partial charge >= 0.3 is 5.97 Å². The maximum absolute atomic E-state index is 13.2. The number of ether oxygens (including phenoxy) is 2. The van der Waals surface area contributed by atoms with Crippen LogP contribution in [-0.4, -0.2) is 78.4 Å². The summed E-state index contributed by atoms with van der Waals surface area (Å²) in [4.78, 5) is 52.0. The zero-order chi connectivity index (χ0) is 27.2. The summed E-state index contributed by atoms with van der Waals surface area (Å²) in [6, 6.07) is 5.26. The first kappa shape index (κ1) is 25.9. The standard InChI is InChI=1S/C27H31N3O8/c1-14-9-10-18(38-14)24(27(2)12-37-13-27)29-20-19(22(32)23(20)33)28-16-7-4-6-15(21(16)31)25(34)30-11-5-8-17(30)26(35)36-3/h4,6-7,9-10,17,19-20,24,28-29,31H,5,8,11-13H2,1-3H3. The Morgan fingerprint density at radius 2 is 1.89 bits per heavy atom. The number of aryl methyl sites for hydroxylation is 1. The number of hydrogen-bond acceptors (Lipinski definition) is 10. The lowest BCUT2D eigenvalue weighted by molar-refractivity contribution is -0.150. The molecule has 3 fully saturated rings. The molecule has 2 aliphatic heterocycles. The lowest BCUT2D eigenvalue weighted by Crippen LogP contribution is -2.69. The molecule has 0 spiro atoms. The predicted octanol–water partition coefficient (Wildman–Crippen LogP) is 1.74. The normalized spacial score (nSPS) is 24.9. The van der Waals surface area contributed by atoms with Gasteiger partial charge in [-0.2, -0.15) is 0 Å². The number of hydrogen-bond donors (Lipinski definition) is 3. The van der Waals surface area contributed by atoms with E-state index in [0.717, 1.165) is 5.76 Å². The number of aromatic hydroxyl groups is 1. The van der Waals surface area contributed by atoms with Crippen LogP contribution in [-0.2, 0) is 23.9 Å². The number of phenols is 1. The zero-order valence-corrected chi connectivity index (χ0v) is 21.5. The Bertz CT molecular complexity index is 1280. The second-order valence-corrected chi connectivity index (χ2v) is 10.4. The van der Waals surface area contributed by atoms with Crippen LogP contribution >= 0.6 is 0 Å². The fourth-order valence-electron chi connectivity index (χ4n) is 5.39. The van der Waals surface area contributed by atoms with Gasteiger partial charge in [-0.15, -0.1) is 0 Å². The summed E-state index contributed by atoms with van der Waals surface area (Å²) in [5.41, 5.74) is -0.226. The molecule has 2 aromatic rings. The van der Waals surface area contributed by atoms with Crippen molar-refractivity contribution in [3.63, 3.8) is 0 Å². The third-order valence-electron chi connectivity index (χ3n) is 7.66. The average Bonchev–Trinajstić information content (AvgIpc) is 3.56. The number of anilines is 1. The van der Waals surface area contributed by atoms with Gasteiger partial charge < -0.3 is 29.2 Å². The van der Waals surface area contributed by atoms with Crippen molar-refractivity contribution in [3.05, 3.63) is 47.4 Å². The van der Waals surface area contributed by atoms with E-state index in [4.69, 9.17) is 13.9 Å². The summed E-state index contributed by atoms with van der Waals surface area (Å²) in [5.74, 6) is -1.24. The molecule has 1 amide bonds. The first-order chi connectivity index (χ1) is 18.1. The highest BCUT2D eigenvalue weighted by molar-refractivity contribution is 6.49. The van der Waals surface area contributed by atoms with Crippen molar-refractivity contribution in [2.24, 2.45) is 5.41 Å². The summed E-state index contributed by atoms with van der Waals surface area (Å²) >= 11 is 0. The number of para-hydroxylation sites is 1. The average molecular weight is 526 g/mol. The number of carbonyl (C=O) groups is 4. The Hall–Kier alpha value is -3.70. The lowest BCUT2D eigenvalue weighted by Gasteiger charge is -2.47. The van der Waals surface area contributed by atoms with E-state index in [1.54, 1.807) is 6.07 Å². The number of nitrogens with one attached hydrogen (secondary N) is 2. The molecule has 202 valence electrons. The van der Waals surface area contributed by atoms with Gasteiger partial charge in [-0.3, -0.25) is 19.7 Å². The second kappa shape index (κ2) is 9.88. The SMILES string of the molecule is COC(=O)C1CCCN1C(=O)c1cccc(NC2C(=O)C(=O)C2NC(c2ccc(C)o2)C2(C)COC2)c1O. The van der Waals surface area contributed by atoms with Crippen molar-refractivity contribution in [1.29, 1.82) is 0 Å². The largest absolute Gasteiger partial charge is 0.505 e. The number of nitrogens with zero attached hydrogens (tertiary/aromatic N) is 1. The molecule has 0 bridgehead atoms. The van der Waals surface area contributed by atoms with Crippen LogP contribution in [0.25, 0.3) is 0 Å². The predicted molar refractivity (Wildman–Crippen MR) is 134 cm³/mol. The van der Waals surface area contributed by atoms with Gasteiger partial charge in [-0.05, 0) is 44.0 Å². The van der Waals surface area contributed by atoms with E-state index >= 15 is 0 Å². The minimum absolute atomic E-state index is 0.0172. The van der Waals surface area contributed by atoms with Crippen LogP contribution in [0.3, 0.4) is 0 Å².